The van der Waals surface area contributed by atoms with E-state index in [1.165, 1.54) is 12.1 Å². The Morgan fingerprint density at radius 2 is 2.00 bits per heavy atom. The van der Waals surface area contributed by atoms with Crippen molar-refractivity contribution in [3.8, 4) is 0 Å². The molecule has 1 aromatic heterocycles. The van der Waals surface area contributed by atoms with Gasteiger partial charge in [-0.1, -0.05) is 25.2 Å². The van der Waals surface area contributed by atoms with Gasteiger partial charge < -0.3 is 9.64 Å². The Morgan fingerprint density at radius 1 is 1.24 bits per heavy atom. The van der Waals surface area contributed by atoms with Gasteiger partial charge in [-0.05, 0) is 43.4 Å². The highest BCUT2D eigenvalue weighted by molar-refractivity contribution is 7.93. The number of hydrogen-bond donors (Lipinski definition) is 1. The van der Waals surface area contributed by atoms with E-state index in [2.05, 4.69) is 20.4 Å². The molecule has 0 fully saturated rings. The molecule has 10 nitrogen and oxygen atoms in total. The van der Waals surface area contributed by atoms with Gasteiger partial charge in [0.1, 0.15) is 5.69 Å². The SMILES string of the molecule is CCCOC(=O)c1nnc(N=Nc2cc3c(cc2NS(=O)(=O)C(F)(F)F)N(CCC)CCC3)s1. The van der Waals surface area contributed by atoms with Crippen LogP contribution in [-0.2, 0) is 21.2 Å². The number of anilines is 2. The molecule has 0 bridgehead atoms. The monoisotopic (exact) mass is 520 g/mol. The van der Waals surface area contributed by atoms with Crippen molar-refractivity contribution >= 4 is 49.5 Å². The van der Waals surface area contributed by atoms with Gasteiger partial charge in [0.25, 0.3) is 5.13 Å². The molecule has 0 spiro atoms. The number of hydrogen-bond acceptors (Lipinski definition) is 10. The summed E-state index contributed by atoms with van der Waals surface area (Å²) < 4.78 is 69.2. The standard InChI is InChI=1S/C19H23F3N6O4S2/c1-3-7-28-8-5-6-12-10-13(14(11-15(12)28)27-34(30,31)19(20,21)22)23-25-18-26-24-16(33-18)17(29)32-9-4-2/h10-11,27H,3-9H2,1-2H3. The van der Waals surface area contributed by atoms with Crippen LogP contribution in [0.5, 0.6) is 0 Å². The van der Waals surface area contributed by atoms with Gasteiger partial charge in [-0.3, -0.25) is 4.72 Å². The van der Waals surface area contributed by atoms with Crippen molar-refractivity contribution in [3.63, 3.8) is 0 Å². The average molecular weight is 521 g/mol. The molecular formula is C19H23F3N6O4S2. The van der Waals surface area contributed by atoms with Crippen LogP contribution in [0.4, 0.5) is 35.4 Å². The molecule has 1 aliphatic heterocycles. The van der Waals surface area contributed by atoms with E-state index in [0.717, 1.165) is 29.7 Å². The number of ether oxygens (including phenoxy) is 1. The maximum Gasteiger partial charge on any atom is 0.516 e. The number of aromatic nitrogens is 2. The number of nitrogens with one attached hydrogen (secondary N) is 1. The Kier molecular flexibility index (Phi) is 8.07. The lowest BCUT2D eigenvalue weighted by Crippen LogP contribution is -2.31. The van der Waals surface area contributed by atoms with Gasteiger partial charge >= 0.3 is 21.5 Å². The topological polar surface area (TPSA) is 126 Å². The normalized spacial score (nSPS) is 14.3. The average Bonchev–Trinajstić information content (AvgIpc) is 3.25. The van der Waals surface area contributed by atoms with E-state index in [-0.39, 0.29) is 28.1 Å². The quantitative estimate of drug-likeness (QED) is 0.366. The molecule has 2 heterocycles. The molecule has 0 aliphatic carbocycles. The molecule has 0 saturated heterocycles. The zero-order valence-corrected chi connectivity index (χ0v) is 20.1. The number of aryl methyl sites for hydroxylation is 1. The zero-order chi connectivity index (χ0) is 24.9. The molecule has 15 heteroatoms. The third-order valence-electron chi connectivity index (χ3n) is 4.72. The summed E-state index contributed by atoms with van der Waals surface area (Å²) in [5.74, 6) is -0.677. The molecule has 2 aromatic rings. The number of fused-ring (bicyclic) bond motifs is 1. The van der Waals surface area contributed by atoms with Crippen LogP contribution in [0.3, 0.4) is 0 Å². The summed E-state index contributed by atoms with van der Waals surface area (Å²) in [6.07, 6.45) is 2.92. The van der Waals surface area contributed by atoms with E-state index >= 15 is 0 Å². The summed E-state index contributed by atoms with van der Waals surface area (Å²) in [7, 11) is -5.69. The maximum atomic E-state index is 13.0. The number of alkyl halides is 3. The second-order valence-corrected chi connectivity index (χ2v) is 10.00. The molecule has 1 N–H and O–H groups in total. The number of carbonyl (C=O) groups excluding carboxylic acids is 1. The van der Waals surface area contributed by atoms with Gasteiger partial charge in [-0.25, -0.2) is 4.79 Å². The first kappa shape index (κ1) is 25.8. The number of carbonyl (C=O) groups is 1. The van der Waals surface area contributed by atoms with E-state index in [1.54, 1.807) is 4.72 Å². The number of esters is 1. The number of nitrogens with zero attached hydrogens (tertiary/aromatic N) is 5. The number of azo groups is 1. The molecule has 1 aromatic carbocycles. The minimum Gasteiger partial charge on any atom is -0.460 e. The highest BCUT2D eigenvalue weighted by Crippen LogP contribution is 2.39. The predicted molar refractivity (Wildman–Crippen MR) is 121 cm³/mol. The Bertz CT molecular complexity index is 1170. The lowest BCUT2D eigenvalue weighted by Gasteiger charge is -2.32. The summed E-state index contributed by atoms with van der Waals surface area (Å²) >= 11 is 0.786. The maximum absolute atomic E-state index is 13.0. The first-order valence-electron chi connectivity index (χ1n) is 10.5. The molecule has 34 heavy (non-hydrogen) atoms. The van der Waals surface area contributed by atoms with Crippen LogP contribution in [0, 0.1) is 0 Å². The smallest absolute Gasteiger partial charge is 0.460 e. The molecule has 0 atom stereocenters. The van der Waals surface area contributed by atoms with Gasteiger partial charge in [0.2, 0.25) is 5.01 Å². The van der Waals surface area contributed by atoms with E-state index < -0.39 is 21.5 Å². The minimum absolute atomic E-state index is 0.0431. The van der Waals surface area contributed by atoms with E-state index in [1.807, 2.05) is 18.7 Å². The number of rotatable bonds is 9. The van der Waals surface area contributed by atoms with Crippen molar-refractivity contribution in [3.05, 3.63) is 22.7 Å². The van der Waals surface area contributed by atoms with Crippen molar-refractivity contribution in [2.75, 3.05) is 29.3 Å². The molecule has 0 saturated carbocycles. The van der Waals surface area contributed by atoms with E-state index in [0.29, 0.717) is 31.6 Å². The molecule has 0 unspecified atom stereocenters. The van der Waals surface area contributed by atoms with Crippen LogP contribution in [0.2, 0.25) is 0 Å². The zero-order valence-electron chi connectivity index (χ0n) is 18.4. The van der Waals surface area contributed by atoms with Gasteiger partial charge in [-0.2, -0.15) is 21.6 Å². The van der Waals surface area contributed by atoms with Crippen molar-refractivity contribution in [2.45, 2.75) is 45.0 Å². The van der Waals surface area contributed by atoms with Gasteiger partial charge in [0, 0.05) is 18.8 Å². The Balaban J connectivity index is 1.97. The molecule has 3 rings (SSSR count). The van der Waals surface area contributed by atoms with Crippen molar-refractivity contribution < 1.29 is 31.1 Å². The number of benzene rings is 1. The second kappa shape index (κ2) is 10.6. The summed E-state index contributed by atoms with van der Waals surface area (Å²) in [4.78, 5) is 13.9. The Labute approximate surface area is 198 Å². The van der Waals surface area contributed by atoms with Crippen LogP contribution in [-0.4, -0.2) is 49.8 Å². The largest absolute Gasteiger partial charge is 0.516 e. The molecular weight excluding hydrogens is 497 g/mol. The number of sulfonamides is 1. The molecule has 0 radical (unpaired) electrons. The lowest BCUT2D eigenvalue weighted by atomic mass is 10.00. The van der Waals surface area contributed by atoms with Crippen molar-refractivity contribution in [2.24, 2.45) is 10.2 Å². The lowest BCUT2D eigenvalue weighted by molar-refractivity contribution is -0.0429. The van der Waals surface area contributed by atoms with Crippen LogP contribution >= 0.6 is 11.3 Å². The fourth-order valence-corrected chi connectivity index (χ4v) is 4.39. The third kappa shape index (κ3) is 6.00. The van der Waals surface area contributed by atoms with Crippen LogP contribution < -0.4 is 9.62 Å². The van der Waals surface area contributed by atoms with Gasteiger partial charge in [0.05, 0.1) is 12.3 Å². The molecule has 186 valence electrons. The highest BCUT2D eigenvalue weighted by Gasteiger charge is 2.46. The fraction of sp³-hybridized carbons (Fsp3) is 0.526. The van der Waals surface area contributed by atoms with Gasteiger partial charge in [0.15, 0.2) is 0 Å². The predicted octanol–water partition coefficient (Wildman–Crippen LogP) is 4.94. The van der Waals surface area contributed by atoms with Crippen LogP contribution in [0.25, 0.3) is 0 Å². The third-order valence-corrected chi connectivity index (χ3v) is 6.61. The molecule has 0 amide bonds. The summed E-state index contributed by atoms with van der Waals surface area (Å²) in [6.45, 7) is 5.38. The summed E-state index contributed by atoms with van der Waals surface area (Å²) in [5.41, 5.74) is -4.54. The van der Waals surface area contributed by atoms with Crippen LogP contribution in [0.15, 0.2) is 22.4 Å². The molecule has 1 aliphatic rings. The van der Waals surface area contributed by atoms with Crippen LogP contribution in [0.1, 0.15) is 48.5 Å². The van der Waals surface area contributed by atoms with E-state index in [9.17, 15) is 26.4 Å². The first-order valence-corrected chi connectivity index (χ1v) is 12.8. The number of halogens is 3. The van der Waals surface area contributed by atoms with Gasteiger partial charge in [-0.15, -0.1) is 20.4 Å². The van der Waals surface area contributed by atoms with Crippen molar-refractivity contribution in [1.82, 2.24) is 10.2 Å². The fourth-order valence-electron chi connectivity index (χ4n) is 3.26. The Hall–Kier alpha value is -2.81. The highest BCUT2D eigenvalue weighted by atomic mass is 32.2. The summed E-state index contributed by atoms with van der Waals surface area (Å²) in [5, 5.41) is 15.1. The first-order chi connectivity index (χ1) is 16.1. The van der Waals surface area contributed by atoms with E-state index in [4.69, 9.17) is 4.74 Å². The Morgan fingerprint density at radius 3 is 2.68 bits per heavy atom. The minimum atomic E-state index is -5.69. The summed E-state index contributed by atoms with van der Waals surface area (Å²) in [6, 6.07) is 2.85. The van der Waals surface area contributed by atoms with Crippen molar-refractivity contribution in [1.29, 1.82) is 0 Å². The second-order valence-electron chi connectivity index (χ2n) is 7.37.